The van der Waals surface area contributed by atoms with Gasteiger partial charge in [-0.2, -0.15) is 0 Å². The molecule has 0 N–H and O–H groups in total. The van der Waals surface area contributed by atoms with Gasteiger partial charge in [0.15, 0.2) is 0 Å². The summed E-state index contributed by atoms with van der Waals surface area (Å²) in [5.74, 6) is 1.05. The summed E-state index contributed by atoms with van der Waals surface area (Å²) in [6.45, 7) is 1.04. The molecular formula is C9H18OSi. The lowest BCUT2D eigenvalue weighted by Gasteiger charge is -2.34. The van der Waals surface area contributed by atoms with Gasteiger partial charge in [-0.05, 0) is 31.6 Å². The van der Waals surface area contributed by atoms with E-state index in [4.69, 9.17) is 4.74 Å². The predicted molar refractivity (Wildman–Crippen MR) is 49.8 cm³/mol. The molecule has 0 bridgehead atoms. The van der Waals surface area contributed by atoms with Gasteiger partial charge in [0.05, 0.1) is 0 Å². The van der Waals surface area contributed by atoms with Gasteiger partial charge in [-0.3, -0.25) is 0 Å². The lowest BCUT2D eigenvalue weighted by Crippen LogP contribution is -2.37. The number of hydrogen-bond donors (Lipinski definition) is 0. The van der Waals surface area contributed by atoms with E-state index >= 15 is 0 Å². The van der Waals surface area contributed by atoms with Gasteiger partial charge in [0, 0.05) is 22.1 Å². The molecule has 1 aliphatic heterocycles. The molecule has 1 saturated heterocycles. The van der Waals surface area contributed by atoms with Crippen molar-refractivity contribution in [3.63, 3.8) is 0 Å². The van der Waals surface area contributed by atoms with Gasteiger partial charge < -0.3 is 4.74 Å². The molecule has 2 fully saturated rings. The van der Waals surface area contributed by atoms with Crippen LogP contribution in [0.5, 0.6) is 0 Å². The van der Waals surface area contributed by atoms with Crippen molar-refractivity contribution in [1.29, 1.82) is 0 Å². The van der Waals surface area contributed by atoms with Crippen LogP contribution in [0.3, 0.4) is 0 Å². The Labute approximate surface area is 71.9 Å². The molecule has 0 aromatic heterocycles. The maximum Gasteiger partial charge on any atom is 0.0488 e. The molecule has 0 spiro atoms. The van der Waals surface area contributed by atoms with Crippen molar-refractivity contribution in [1.82, 2.24) is 0 Å². The highest BCUT2D eigenvalue weighted by molar-refractivity contribution is 6.14. The average Bonchev–Trinajstić information content (AvgIpc) is 2.72. The Balaban J connectivity index is 1.84. The molecule has 2 rings (SSSR count). The Morgan fingerprint density at radius 2 is 2.18 bits per heavy atom. The molecule has 1 heterocycles. The molecule has 1 atom stereocenters. The highest BCUT2D eigenvalue weighted by atomic mass is 28.1. The summed E-state index contributed by atoms with van der Waals surface area (Å²) in [6, 6.07) is 0. The number of hydrogen-bond acceptors (Lipinski definition) is 1. The minimum atomic E-state index is 0.402. The van der Waals surface area contributed by atoms with Gasteiger partial charge in [-0.25, -0.2) is 0 Å². The zero-order valence-corrected chi connectivity index (χ0v) is 9.44. The van der Waals surface area contributed by atoms with E-state index in [1.54, 1.807) is 0 Å². The van der Waals surface area contributed by atoms with Crippen LogP contribution in [-0.2, 0) is 4.74 Å². The fourth-order valence-corrected chi connectivity index (χ4v) is 3.22. The maximum atomic E-state index is 5.88. The van der Waals surface area contributed by atoms with Crippen LogP contribution in [0.1, 0.15) is 38.5 Å². The van der Waals surface area contributed by atoms with Crippen LogP contribution in [0.15, 0.2) is 0 Å². The Bertz CT molecular complexity index is 136. The molecule has 1 saturated carbocycles. The van der Waals surface area contributed by atoms with Crippen molar-refractivity contribution in [3.8, 4) is 0 Å². The minimum Gasteiger partial charge on any atom is -0.380 e. The molecule has 0 aromatic carbocycles. The second-order valence-electron chi connectivity index (χ2n) is 4.40. The van der Waals surface area contributed by atoms with Crippen molar-refractivity contribution in [2.75, 3.05) is 6.61 Å². The summed E-state index contributed by atoms with van der Waals surface area (Å²) >= 11 is 0. The third kappa shape index (κ3) is 2.06. The van der Waals surface area contributed by atoms with Crippen molar-refractivity contribution < 1.29 is 4.74 Å². The molecule has 0 aromatic rings. The lowest BCUT2D eigenvalue weighted by atomic mass is 10.0. The van der Waals surface area contributed by atoms with Crippen LogP contribution in [0.4, 0.5) is 0 Å². The zero-order chi connectivity index (χ0) is 7.73. The first-order valence-corrected chi connectivity index (χ1v) is 5.92. The van der Waals surface area contributed by atoms with Crippen LogP contribution in [-0.4, -0.2) is 22.1 Å². The molecule has 0 amide bonds. The molecule has 2 aliphatic rings. The Morgan fingerprint density at radius 1 is 1.36 bits per heavy atom. The molecule has 1 aliphatic carbocycles. The maximum absolute atomic E-state index is 5.88. The van der Waals surface area contributed by atoms with E-state index in [-0.39, 0.29) is 0 Å². The van der Waals surface area contributed by atoms with E-state index in [2.05, 4.69) is 0 Å². The van der Waals surface area contributed by atoms with E-state index in [0.717, 1.165) is 12.5 Å². The van der Waals surface area contributed by atoms with Crippen molar-refractivity contribution in [2.24, 2.45) is 5.92 Å². The monoisotopic (exact) mass is 170 g/mol. The Morgan fingerprint density at radius 3 is 2.73 bits per heavy atom. The molecule has 1 nitrogen and oxygen atoms in total. The Hall–Kier alpha value is 0.177. The average molecular weight is 170 g/mol. The van der Waals surface area contributed by atoms with Gasteiger partial charge in [-0.15, -0.1) is 0 Å². The van der Waals surface area contributed by atoms with Gasteiger partial charge in [0.1, 0.15) is 0 Å². The van der Waals surface area contributed by atoms with Crippen molar-refractivity contribution >= 4 is 10.2 Å². The summed E-state index contributed by atoms with van der Waals surface area (Å²) < 4.78 is 5.88. The third-order valence-corrected chi connectivity index (χ3v) is 4.16. The van der Waals surface area contributed by atoms with E-state index in [1.165, 1.54) is 48.8 Å². The van der Waals surface area contributed by atoms with Crippen LogP contribution in [0.2, 0.25) is 0 Å². The topological polar surface area (TPSA) is 9.23 Å². The Kier molecular flexibility index (Phi) is 2.06. The summed E-state index contributed by atoms with van der Waals surface area (Å²) in [4.78, 5) is 0. The summed E-state index contributed by atoms with van der Waals surface area (Å²) in [5.41, 5.74) is 0. The second-order valence-corrected chi connectivity index (χ2v) is 6.23. The first-order chi connectivity index (χ1) is 5.29. The third-order valence-electron chi connectivity index (χ3n) is 2.97. The first-order valence-electron chi connectivity index (χ1n) is 4.92. The zero-order valence-electron chi connectivity index (χ0n) is 7.44. The van der Waals surface area contributed by atoms with Crippen LogP contribution >= 0.6 is 0 Å². The molecule has 11 heavy (non-hydrogen) atoms. The minimum absolute atomic E-state index is 0.402. The van der Waals surface area contributed by atoms with Crippen LogP contribution in [0, 0.1) is 5.92 Å². The predicted octanol–water partition coefficient (Wildman–Crippen LogP) is 1.05. The largest absolute Gasteiger partial charge is 0.380 e. The summed E-state index contributed by atoms with van der Waals surface area (Å²) in [7, 11) is 1.25. The molecule has 0 radical (unpaired) electrons. The van der Waals surface area contributed by atoms with Gasteiger partial charge in [-0.1, -0.05) is 12.8 Å². The van der Waals surface area contributed by atoms with E-state index < -0.39 is 0 Å². The van der Waals surface area contributed by atoms with Crippen molar-refractivity contribution in [3.05, 3.63) is 0 Å². The quantitative estimate of drug-likeness (QED) is 0.563. The number of ether oxygens (including phenoxy) is 1. The number of rotatable bonds is 2. The highest BCUT2D eigenvalue weighted by Crippen LogP contribution is 2.39. The van der Waals surface area contributed by atoms with Gasteiger partial charge >= 0.3 is 0 Å². The second kappa shape index (κ2) is 2.90. The SMILES string of the molecule is [SiH3]C1(CC2CC2)CCCCO1. The van der Waals surface area contributed by atoms with Gasteiger partial charge in [0.2, 0.25) is 0 Å². The van der Waals surface area contributed by atoms with Crippen LogP contribution in [0.25, 0.3) is 0 Å². The molecule has 1 unspecified atom stereocenters. The van der Waals surface area contributed by atoms with E-state index in [1.807, 2.05) is 0 Å². The summed E-state index contributed by atoms with van der Waals surface area (Å²) in [6.07, 6.45) is 8.42. The van der Waals surface area contributed by atoms with Crippen molar-refractivity contribution in [2.45, 2.75) is 43.7 Å². The fraction of sp³-hybridized carbons (Fsp3) is 1.00. The van der Waals surface area contributed by atoms with E-state index in [9.17, 15) is 0 Å². The van der Waals surface area contributed by atoms with Crippen LogP contribution < -0.4 is 0 Å². The summed E-state index contributed by atoms with van der Waals surface area (Å²) in [5, 5.41) is 0.402. The smallest absolute Gasteiger partial charge is 0.0488 e. The lowest BCUT2D eigenvalue weighted by molar-refractivity contribution is -0.0258. The van der Waals surface area contributed by atoms with Gasteiger partial charge in [0.25, 0.3) is 0 Å². The van der Waals surface area contributed by atoms with E-state index in [0.29, 0.717) is 5.22 Å². The molecular weight excluding hydrogens is 152 g/mol. The fourth-order valence-electron chi connectivity index (χ4n) is 2.09. The normalized spacial score (nSPS) is 39.3. The molecule has 2 heteroatoms. The highest BCUT2D eigenvalue weighted by Gasteiger charge is 2.34. The first kappa shape index (κ1) is 7.81. The molecule has 64 valence electrons. The standard InChI is InChI=1S/C9H18OSi/c11-9(7-8-3-4-8)5-1-2-6-10-9/h8H,1-7H2,11H3.